The molecule has 0 atom stereocenters. The minimum Gasteiger partial charge on any atom is -0.506 e. The molecule has 0 aliphatic carbocycles. The van der Waals surface area contributed by atoms with Gasteiger partial charge in [-0.05, 0) is 18.1 Å². The van der Waals surface area contributed by atoms with Crippen LogP contribution < -0.4 is 5.32 Å². The first-order valence-corrected chi connectivity index (χ1v) is 7.15. The first-order valence-electron chi connectivity index (χ1n) is 6.40. The molecule has 0 unspecified atom stereocenters. The van der Waals surface area contributed by atoms with Crippen LogP contribution in [0.4, 0.5) is 5.69 Å². The normalized spacial score (nSPS) is 11.1. The van der Waals surface area contributed by atoms with E-state index in [1.54, 1.807) is 6.07 Å². The Morgan fingerprint density at radius 2 is 2.00 bits per heavy atom. The molecule has 1 heterocycles. The van der Waals surface area contributed by atoms with E-state index < -0.39 is 0 Å². The van der Waals surface area contributed by atoms with Crippen LogP contribution in [0.15, 0.2) is 24.4 Å². The molecule has 0 spiro atoms. The van der Waals surface area contributed by atoms with Gasteiger partial charge < -0.3 is 10.4 Å². The van der Waals surface area contributed by atoms with Gasteiger partial charge in [0.2, 0.25) is 0 Å². The standard InChI is InChI=1S/C14H17Cl2N3O/c1-9(2)8-19-4-3-10(18-19)7-17-13-5-11(15)12(16)6-14(13)20/h3-6,9,17,20H,7-8H2,1-2H3. The van der Waals surface area contributed by atoms with E-state index in [2.05, 4.69) is 24.3 Å². The maximum absolute atomic E-state index is 9.79. The van der Waals surface area contributed by atoms with E-state index in [0.717, 1.165) is 12.2 Å². The number of halogens is 2. The van der Waals surface area contributed by atoms with Gasteiger partial charge in [-0.15, -0.1) is 0 Å². The first-order chi connectivity index (χ1) is 9.45. The summed E-state index contributed by atoms with van der Waals surface area (Å²) in [6.07, 6.45) is 1.95. The molecule has 1 aromatic heterocycles. The second-order valence-electron chi connectivity index (χ2n) is 5.06. The molecular weight excluding hydrogens is 297 g/mol. The van der Waals surface area contributed by atoms with Crippen molar-refractivity contribution in [2.24, 2.45) is 5.92 Å². The number of phenolic OH excluding ortho intramolecular Hbond substituents is 1. The van der Waals surface area contributed by atoms with Crippen LogP contribution in [-0.4, -0.2) is 14.9 Å². The number of benzene rings is 1. The number of hydrogen-bond acceptors (Lipinski definition) is 3. The molecule has 0 amide bonds. The Bertz CT molecular complexity index is 596. The van der Waals surface area contributed by atoms with Crippen LogP contribution in [0.25, 0.3) is 0 Å². The summed E-state index contributed by atoms with van der Waals surface area (Å²) in [5, 5.41) is 18.1. The smallest absolute Gasteiger partial charge is 0.140 e. The Kier molecular flexibility index (Phi) is 4.78. The van der Waals surface area contributed by atoms with E-state index in [4.69, 9.17) is 23.2 Å². The molecule has 0 fully saturated rings. The van der Waals surface area contributed by atoms with Crippen molar-refractivity contribution >= 4 is 28.9 Å². The van der Waals surface area contributed by atoms with Crippen molar-refractivity contribution in [2.75, 3.05) is 5.32 Å². The lowest BCUT2D eigenvalue weighted by Crippen LogP contribution is -2.06. The summed E-state index contributed by atoms with van der Waals surface area (Å²) >= 11 is 11.7. The fraction of sp³-hybridized carbons (Fsp3) is 0.357. The minimum atomic E-state index is 0.0704. The highest BCUT2D eigenvalue weighted by Crippen LogP contribution is 2.33. The molecule has 2 N–H and O–H groups in total. The van der Waals surface area contributed by atoms with Crippen LogP contribution in [0.5, 0.6) is 5.75 Å². The molecule has 2 rings (SSSR count). The van der Waals surface area contributed by atoms with E-state index in [1.807, 2.05) is 16.9 Å². The maximum Gasteiger partial charge on any atom is 0.140 e. The fourth-order valence-corrected chi connectivity index (χ4v) is 2.16. The van der Waals surface area contributed by atoms with Gasteiger partial charge in [-0.1, -0.05) is 37.0 Å². The third-order valence-electron chi connectivity index (χ3n) is 2.75. The summed E-state index contributed by atoms with van der Waals surface area (Å²) in [7, 11) is 0. The molecule has 0 saturated heterocycles. The van der Waals surface area contributed by atoms with Gasteiger partial charge in [0.25, 0.3) is 0 Å². The molecule has 0 bridgehead atoms. The summed E-state index contributed by atoms with van der Waals surface area (Å²) in [6, 6.07) is 4.97. The highest BCUT2D eigenvalue weighted by atomic mass is 35.5. The van der Waals surface area contributed by atoms with Crippen LogP contribution in [0, 0.1) is 5.92 Å². The molecule has 108 valence electrons. The second-order valence-corrected chi connectivity index (χ2v) is 5.87. The number of aromatic hydroxyl groups is 1. The number of anilines is 1. The van der Waals surface area contributed by atoms with E-state index in [-0.39, 0.29) is 5.75 Å². The number of rotatable bonds is 5. The molecule has 0 saturated carbocycles. The zero-order chi connectivity index (χ0) is 14.7. The van der Waals surface area contributed by atoms with Gasteiger partial charge in [-0.3, -0.25) is 4.68 Å². The molecule has 4 nitrogen and oxygen atoms in total. The molecule has 0 radical (unpaired) electrons. The molecule has 1 aromatic carbocycles. The third kappa shape index (κ3) is 3.81. The van der Waals surface area contributed by atoms with Crippen molar-refractivity contribution in [3.05, 3.63) is 40.1 Å². The van der Waals surface area contributed by atoms with E-state index >= 15 is 0 Å². The highest BCUT2D eigenvalue weighted by molar-refractivity contribution is 6.42. The third-order valence-corrected chi connectivity index (χ3v) is 3.47. The molecule has 0 aliphatic heterocycles. The van der Waals surface area contributed by atoms with Crippen LogP contribution in [0.2, 0.25) is 10.0 Å². The summed E-state index contributed by atoms with van der Waals surface area (Å²) in [6.45, 7) is 5.69. The Morgan fingerprint density at radius 1 is 1.30 bits per heavy atom. The van der Waals surface area contributed by atoms with Crippen molar-refractivity contribution in [2.45, 2.75) is 26.9 Å². The Balaban J connectivity index is 2.02. The Hall–Kier alpha value is -1.39. The van der Waals surface area contributed by atoms with Gasteiger partial charge in [0.15, 0.2) is 0 Å². The van der Waals surface area contributed by atoms with Crippen LogP contribution in [0.1, 0.15) is 19.5 Å². The predicted molar refractivity (Wildman–Crippen MR) is 82.5 cm³/mol. The molecule has 2 aromatic rings. The van der Waals surface area contributed by atoms with Crippen molar-refractivity contribution in [3.63, 3.8) is 0 Å². The minimum absolute atomic E-state index is 0.0704. The predicted octanol–water partition coefficient (Wildman–Crippen LogP) is 4.16. The second kappa shape index (κ2) is 6.37. The monoisotopic (exact) mass is 313 g/mol. The van der Waals surface area contributed by atoms with Crippen molar-refractivity contribution in [3.8, 4) is 5.75 Å². The van der Waals surface area contributed by atoms with Gasteiger partial charge in [-0.25, -0.2) is 0 Å². The molecular formula is C14H17Cl2N3O. The fourth-order valence-electron chi connectivity index (χ4n) is 1.84. The zero-order valence-electron chi connectivity index (χ0n) is 11.4. The SMILES string of the molecule is CC(C)Cn1ccc(CNc2cc(Cl)c(Cl)cc2O)n1. The lowest BCUT2D eigenvalue weighted by Gasteiger charge is -2.08. The van der Waals surface area contributed by atoms with Crippen molar-refractivity contribution in [1.82, 2.24) is 9.78 Å². The summed E-state index contributed by atoms with van der Waals surface area (Å²) in [4.78, 5) is 0. The van der Waals surface area contributed by atoms with Gasteiger partial charge in [0.1, 0.15) is 5.75 Å². The Labute approximate surface area is 128 Å². The number of hydrogen-bond donors (Lipinski definition) is 2. The molecule has 6 heteroatoms. The van der Waals surface area contributed by atoms with Gasteiger partial charge >= 0.3 is 0 Å². The number of aromatic nitrogens is 2. The van der Waals surface area contributed by atoms with Crippen LogP contribution in [-0.2, 0) is 13.1 Å². The van der Waals surface area contributed by atoms with Gasteiger partial charge in [-0.2, -0.15) is 5.10 Å². The average Bonchev–Trinajstić information content (AvgIpc) is 2.79. The van der Waals surface area contributed by atoms with Gasteiger partial charge in [0, 0.05) is 18.8 Å². The number of phenols is 1. The summed E-state index contributed by atoms with van der Waals surface area (Å²) in [5.74, 6) is 0.621. The summed E-state index contributed by atoms with van der Waals surface area (Å²) < 4.78 is 1.91. The summed E-state index contributed by atoms with van der Waals surface area (Å²) in [5.41, 5.74) is 1.44. The molecule has 20 heavy (non-hydrogen) atoms. The molecule has 0 aliphatic rings. The van der Waals surface area contributed by atoms with E-state index in [9.17, 15) is 5.11 Å². The topological polar surface area (TPSA) is 50.1 Å². The lowest BCUT2D eigenvalue weighted by atomic mass is 10.2. The number of nitrogens with zero attached hydrogens (tertiary/aromatic N) is 2. The lowest BCUT2D eigenvalue weighted by molar-refractivity contribution is 0.476. The van der Waals surface area contributed by atoms with Crippen molar-refractivity contribution < 1.29 is 5.11 Å². The van der Waals surface area contributed by atoms with E-state index in [1.165, 1.54) is 6.07 Å². The maximum atomic E-state index is 9.79. The Morgan fingerprint density at radius 3 is 2.70 bits per heavy atom. The average molecular weight is 314 g/mol. The van der Waals surface area contributed by atoms with Crippen LogP contribution >= 0.6 is 23.2 Å². The van der Waals surface area contributed by atoms with Gasteiger partial charge in [0.05, 0.1) is 28.0 Å². The van der Waals surface area contributed by atoms with Crippen LogP contribution in [0.3, 0.4) is 0 Å². The van der Waals surface area contributed by atoms with E-state index in [0.29, 0.717) is 28.2 Å². The highest BCUT2D eigenvalue weighted by Gasteiger charge is 2.07. The quantitative estimate of drug-likeness (QED) is 0.815. The largest absolute Gasteiger partial charge is 0.506 e. The van der Waals surface area contributed by atoms with Crippen molar-refractivity contribution in [1.29, 1.82) is 0 Å². The first kappa shape index (κ1) is 15.0. The zero-order valence-corrected chi connectivity index (χ0v) is 12.9. The number of nitrogens with one attached hydrogen (secondary N) is 1.